The van der Waals surface area contributed by atoms with E-state index in [1.165, 1.54) is 0 Å². The molecule has 0 fully saturated rings. The van der Waals surface area contributed by atoms with E-state index >= 15 is 0 Å². The third-order valence-electron chi connectivity index (χ3n) is 4.50. The van der Waals surface area contributed by atoms with Gasteiger partial charge in [-0.15, -0.1) is 10.2 Å². The van der Waals surface area contributed by atoms with Crippen molar-refractivity contribution in [2.45, 2.75) is 19.4 Å². The fourth-order valence-electron chi connectivity index (χ4n) is 3.08. The van der Waals surface area contributed by atoms with Crippen LogP contribution in [0.4, 0.5) is 11.5 Å². The molecule has 2 amide bonds. The number of carbonyl (C=O) groups excluding carboxylic acids is 2. The minimum absolute atomic E-state index is 0.0726. The van der Waals surface area contributed by atoms with Crippen LogP contribution in [0.5, 0.6) is 0 Å². The lowest BCUT2D eigenvalue weighted by Crippen LogP contribution is -2.31. The van der Waals surface area contributed by atoms with Gasteiger partial charge in [-0.1, -0.05) is 12.1 Å². The predicted molar refractivity (Wildman–Crippen MR) is 99.1 cm³/mol. The highest BCUT2D eigenvalue weighted by Crippen LogP contribution is 2.20. The van der Waals surface area contributed by atoms with Crippen molar-refractivity contribution in [3.63, 3.8) is 0 Å². The van der Waals surface area contributed by atoms with Crippen molar-refractivity contribution in [2.24, 2.45) is 5.92 Å². The number of pyridine rings is 1. The highest BCUT2D eigenvalue weighted by Gasteiger charge is 2.25. The number of anilines is 2. The molecule has 0 aliphatic carbocycles. The number of hydrogen-bond donors (Lipinski definition) is 2. The van der Waals surface area contributed by atoms with Gasteiger partial charge in [0.05, 0.1) is 5.92 Å². The monoisotopic (exact) mass is 362 g/mol. The minimum atomic E-state index is -0.281. The van der Waals surface area contributed by atoms with E-state index in [4.69, 9.17) is 0 Å². The van der Waals surface area contributed by atoms with Gasteiger partial charge in [0.1, 0.15) is 18.0 Å². The molecule has 0 bridgehead atoms. The second-order valence-corrected chi connectivity index (χ2v) is 6.37. The molecule has 4 rings (SSSR count). The number of aromatic nitrogens is 4. The third kappa shape index (κ3) is 3.84. The molecule has 0 saturated heterocycles. The topological polar surface area (TPSA) is 102 Å². The summed E-state index contributed by atoms with van der Waals surface area (Å²) in [5.74, 6) is 0.879. The number of rotatable bonds is 4. The summed E-state index contributed by atoms with van der Waals surface area (Å²) >= 11 is 0. The van der Waals surface area contributed by atoms with Crippen LogP contribution < -0.4 is 10.6 Å². The number of benzene rings is 1. The maximum atomic E-state index is 12.6. The van der Waals surface area contributed by atoms with Crippen LogP contribution in [0.25, 0.3) is 0 Å². The molecule has 1 unspecified atom stereocenters. The standard InChI is InChI=1S/C19H18N6O2/c26-18(23-16-6-1-2-9-20-16)13-4-3-5-15(10-13)22-19(27)14-7-8-17-24-21-12-25(17)11-14/h1-6,9-10,12,14H,7-8,11H2,(H,22,27)(H,20,23,26). The Kier molecular flexibility index (Phi) is 4.61. The van der Waals surface area contributed by atoms with Crippen LogP contribution in [0.2, 0.25) is 0 Å². The fraction of sp³-hybridized carbons (Fsp3) is 0.211. The van der Waals surface area contributed by atoms with E-state index in [2.05, 4.69) is 25.8 Å². The van der Waals surface area contributed by atoms with Crippen LogP contribution in [0, 0.1) is 5.92 Å². The van der Waals surface area contributed by atoms with Gasteiger partial charge >= 0.3 is 0 Å². The lowest BCUT2D eigenvalue weighted by Gasteiger charge is -2.22. The van der Waals surface area contributed by atoms with Crippen LogP contribution in [0.1, 0.15) is 22.6 Å². The molecule has 2 N–H and O–H groups in total. The third-order valence-corrected chi connectivity index (χ3v) is 4.50. The smallest absolute Gasteiger partial charge is 0.256 e. The van der Waals surface area contributed by atoms with Gasteiger partial charge in [0.25, 0.3) is 5.91 Å². The second kappa shape index (κ2) is 7.36. The molecule has 1 aliphatic rings. The Bertz CT molecular complexity index is 969. The van der Waals surface area contributed by atoms with Crippen molar-refractivity contribution < 1.29 is 9.59 Å². The van der Waals surface area contributed by atoms with Crippen LogP contribution in [-0.2, 0) is 17.8 Å². The van der Waals surface area contributed by atoms with Gasteiger partial charge in [-0.25, -0.2) is 4.98 Å². The molecule has 8 nitrogen and oxygen atoms in total. The maximum absolute atomic E-state index is 12.6. The lowest BCUT2D eigenvalue weighted by atomic mass is 9.98. The number of hydrogen-bond acceptors (Lipinski definition) is 5. The Morgan fingerprint density at radius 1 is 1.11 bits per heavy atom. The summed E-state index contributed by atoms with van der Waals surface area (Å²) in [6.07, 6.45) is 4.71. The molecule has 1 atom stereocenters. The van der Waals surface area contributed by atoms with E-state index in [9.17, 15) is 9.59 Å². The highest BCUT2D eigenvalue weighted by atomic mass is 16.2. The van der Waals surface area contributed by atoms with Gasteiger partial charge in [-0.05, 0) is 36.8 Å². The summed E-state index contributed by atoms with van der Waals surface area (Å²) in [5.41, 5.74) is 1.03. The van der Waals surface area contributed by atoms with E-state index in [0.717, 1.165) is 18.7 Å². The van der Waals surface area contributed by atoms with E-state index in [-0.39, 0.29) is 17.7 Å². The predicted octanol–water partition coefficient (Wildman–Crippen LogP) is 2.13. The Hall–Kier alpha value is -3.55. The second-order valence-electron chi connectivity index (χ2n) is 6.37. The molecule has 3 heterocycles. The Morgan fingerprint density at radius 2 is 2.04 bits per heavy atom. The molecule has 8 heteroatoms. The quantitative estimate of drug-likeness (QED) is 0.740. The van der Waals surface area contributed by atoms with E-state index in [1.54, 1.807) is 55.0 Å². The normalized spacial score (nSPS) is 15.6. The molecule has 1 aromatic carbocycles. The summed E-state index contributed by atoms with van der Waals surface area (Å²) in [6, 6.07) is 12.1. The first-order valence-corrected chi connectivity index (χ1v) is 8.69. The van der Waals surface area contributed by atoms with E-state index in [0.29, 0.717) is 23.6 Å². The van der Waals surface area contributed by atoms with Gasteiger partial charge in [0.15, 0.2) is 0 Å². The summed E-state index contributed by atoms with van der Waals surface area (Å²) in [5, 5.41) is 13.5. The van der Waals surface area contributed by atoms with Gasteiger partial charge < -0.3 is 15.2 Å². The summed E-state index contributed by atoms with van der Waals surface area (Å²) in [4.78, 5) is 29.1. The van der Waals surface area contributed by atoms with Gasteiger partial charge in [0, 0.05) is 30.4 Å². The summed E-state index contributed by atoms with van der Waals surface area (Å²) in [6.45, 7) is 0.564. The molecule has 136 valence electrons. The Balaban J connectivity index is 1.42. The van der Waals surface area contributed by atoms with Gasteiger partial charge in [-0.2, -0.15) is 0 Å². The number of carbonyl (C=O) groups is 2. The van der Waals surface area contributed by atoms with Crippen molar-refractivity contribution in [3.05, 3.63) is 66.4 Å². The fourth-order valence-corrected chi connectivity index (χ4v) is 3.08. The molecule has 0 saturated carbocycles. The van der Waals surface area contributed by atoms with Gasteiger partial charge in [-0.3, -0.25) is 9.59 Å². The molecule has 0 radical (unpaired) electrons. The largest absolute Gasteiger partial charge is 0.326 e. The Labute approximate surface area is 155 Å². The van der Waals surface area contributed by atoms with Crippen LogP contribution >= 0.6 is 0 Å². The number of aryl methyl sites for hydroxylation is 1. The highest BCUT2D eigenvalue weighted by molar-refractivity contribution is 6.05. The van der Waals surface area contributed by atoms with Crippen molar-refractivity contribution in [1.29, 1.82) is 0 Å². The molecular weight excluding hydrogens is 344 g/mol. The Morgan fingerprint density at radius 3 is 2.89 bits per heavy atom. The van der Waals surface area contributed by atoms with Gasteiger partial charge in [0.2, 0.25) is 5.91 Å². The van der Waals surface area contributed by atoms with Crippen molar-refractivity contribution >= 4 is 23.3 Å². The number of nitrogens with one attached hydrogen (secondary N) is 2. The van der Waals surface area contributed by atoms with Crippen molar-refractivity contribution in [1.82, 2.24) is 19.7 Å². The van der Waals surface area contributed by atoms with Crippen LogP contribution in [0.15, 0.2) is 55.0 Å². The maximum Gasteiger partial charge on any atom is 0.256 e. The van der Waals surface area contributed by atoms with Crippen LogP contribution in [0.3, 0.4) is 0 Å². The van der Waals surface area contributed by atoms with E-state index in [1.807, 2.05) is 4.57 Å². The summed E-state index contributed by atoms with van der Waals surface area (Å²) in [7, 11) is 0. The van der Waals surface area contributed by atoms with Crippen LogP contribution in [-0.4, -0.2) is 31.6 Å². The zero-order valence-electron chi connectivity index (χ0n) is 14.5. The first-order valence-electron chi connectivity index (χ1n) is 8.69. The molecule has 27 heavy (non-hydrogen) atoms. The van der Waals surface area contributed by atoms with E-state index < -0.39 is 0 Å². The first-order chi connectivity index (χ1) is 13.2. The zero-order chi connectivity index (χ0) is 18.6. The van der Waals surface area contributed by atoms with Crippen molar-refractivity contribution in [3.8, 4) is 0 Å². The summed E-state index contributed by atoms with van der Waals surface area (Å²) < 4.78 is 1.91. The molecule has 1 aliphatic heterocycles. The zero-order valence-corrected chi connectivity index (χ0v) is 14.5. The van der Waals surface area contributed by atoms with Crippen molar-refractivity contribution in [2.75, 3.05) is 10.6 Å². The molecule has 3 aromatic rings. The minimum Gasteiger partial charge on any atom is -0.326 e. The molecular formula is C19H18N6O2. The lowest BCUT2D eigenvalue weighted by molar-refractivity contribution is -0.120. The average molecular weight is 362 g/mol. The number of fused-ring (bicyclic) bond motifs is 1. The average Bonchev–Trinajstić information content (AvgIpc) is 3.17. The SMILES string of the molecule is O=C(Nc1ccccn1)c1cccc(NC(=O)C2CCc3nncn3C2)c1. The first kappa shape index (κ1) is 16.9. The molecule has 0 spiro atoms. The number of amides is 2. The molecule has 2 aromatic heterocycles. The number of nitrogens with zero attached hydrogens (tertiary/aromatic N) is 4.